The fraction of sp³-hybridized carbons (Fsp3) is 0.923. The lowest BCUT2D eigenvalue weighted by Gasteiger charge is -2.42. The van der Waals surface area contributed by atoms with Crippen molar-refractivity contribution in [3.63, 3.8) is 0 Å². The summed E-state index contributed by atoms with van der Waals surface area (Å²) in [5.41, 5.74) is 5.96. The van der Waals surface area contributed by atoms with E-state index in [1.807, 2.05) is 0 Å². The first kappa shape index (κ1) is 12.2. The Morgan fingerprint density at radius 2 is 1.19 bits per heavy atom. The number of thiocarbonyl (C=S) groups is 1. The van der Waals surface area contributed by atoms with E-state index in [1.54, 1.807) is 0 Å². The molecule has 2 rings (SSSR count). The molecular formula is C13H24N2S. The Kier molecular flexibility index (Phi) is 4.45. The molecule has 2 aliphatic rings. The van der Waals surface area contributed by atoms with Gasteiger partial charge in [0.1, 0.15) is 0 Å². The van der Waals surface area contributed by atoms with Gasteiger partial charge in [0.2, 0.25) is 0 Å². The highest BCUT2D eigenvalue weighted by molar-refractivity contribution is 7.80. The van der Waals surface area contributed by atoms with Crippen LogP contribution in [0.5, 0.6) is 0 Å². The molecule has 0 aromatic carbocycles. The molecule has 0 spiro atoms. The molecule has 2 nitrogen and oxygen atoms in total. The summed E-state index contributed by atoms with van der Waals surface area (Å²) in [6.07, 6.45) is 13.4. The molecule has 2 N–H and O–H groups in total. The lowest BCUT2D eigenvalue weighted by Crippen LogP contribution is -2.50. The summed E-state index contributed by atoms with van der Waals surface area (Å²) in [4.78, 5) is 2.40. The zero-order chi connectivity index (χ0) is 11.4. The number of hydrogen-bond acceptors (Lipinski definition) is 1. The second-order valence-corrected chi connectivity index (χ2v) is 5.75. The highest BCUT2D eigenvalue weighted by Gasteiger charge is 2.29. The molecule has 0 aromatic heterocycles. The van der Waals surface area contributed by atoms with Crippen molar-refractivity contribution in [2.45, 2.75) is 76.3 Å². The molecule has 0 heterocycles. The quantitative estimate of drug-likeness (QED) is 0.752. The standard InChI is InChI=1S/C13H24N2S/c14-13(16)15(11-7-3-1-4-8-11)12-9-5-2-6-10-12/h11-12H,1-10H2,(H2,14,16). The summed E-state index contributed by atoms with van der Waals surface area (Å²) in [5.74, 6) is 0. The topological polar surface area (TPSA) is 29.3 Å². The van der Waals surface area contributed by atoms with Crippen LogP contribution < -0.4 is 5.73 Å². The summed E-state index contributed by atoms with van der Waals surface area (Å²) in [6.45, 7) is 0. The van der Waals surface area contributed by atoms with Crippen molar-refractivity contribution < 1.29 is 0 Å². The molecule has 2 saturated carbocycles. The van der Waals surface area contributed by atoms with Gasteiger partial charge >= 0.3 is 0 Å². The first-order chi connectivity index (χ1) is 7.79. The molecule has 3 heteroatoms. The largest absolute Gasteiger partial charge is 0.376 e. The van der Waals surface area contributed by atoms with Crippen LogP contribution in [0.4, 0.5) is 0 Å². The zero-order valence-electron chi connectivity index (χ0n) is 10.2. The van der Waals surface area contributed by atoms with E-state index in [2.05, 4.69) is 4.90 Å². The predicted octanol–water partition coefficient (Wildman–Crippen LogP) is 3.20. The molecule has 2 fully saturated rings. The van der Waals surface area contributed by atoms with Gasteiger partial charge in [0.15, 0.2) is 5.11 Å². The molecular weight excluding hydrogens is 216 g/mol. The number of rotatable bonds is 2. The van der Waals surface area contributed by atoms with Crippen LogP contribution in [0, 0.1) is 0 Å². The number of nitrogens with zero attached hydrogens (tertiary/aromatic N) is 1. The third-order valence-electron chi connectivity index (χ3n) is 4.19. The minimum atomic E-state index is 0.648. The van der Waals surface area contributed by atoms with Crippen LogP contribution in [-0.4, -0.2) is 22.1 Å². The van der Waals surface area contributed by atoms with Crippen molar-refractivity contribution in [1.82, 2.24) is 4.90 Å². The van der Waals surface area contributed by atoms with Crippen LogP contribution in [0.3, 0.4) is 0 Å². The zero-order valence-corrected chi connectivity index (χ0v) is 11.0. The molecule has 0 aliphatic heterocycles. The summed E-state index contributed by atoms with van der Waals surface area (Å²) in [5, 5.41) is 0.652. The van der Waals surface area contributed by atoms with Gasteiger partial charge in [-0.1, -0.05) is 38.5 Å². The molecule has 0 aromatic rings. The van der Waals surface area contributed by atoms with Crippen LogP contribution in [0.2, 0.25) is 0 Å². The maximum Gasteiger partial charge on any atom is 0.166 e. The Morgan fingerprint density at radius 1 is 0.812 bits per heavy atom. The minimum Gasteiger partial charge on any atom is -0.376 e. The van der Waals surface area contributed by atoms with Crippen LogP contribution in [0.1, 0.15) is 64.2 Å². The third kappa shape index (κ3) is 2.88. The van der Waals surface area contributed by atoms with Crippen LogP contribution in [0.15, 0.2) is 0 Å². The van der Waals surface area contributed by atoms with Gasteiger partial charge in [-0.25, -0.2) is 0 Å². The van der Waals surface area contributed by atoms with Gasteiger partial charge in [0.05, 0.1) is 0 Å². The number of nitrogens with two attached hydrogens (primary N) is 1. The number of hydrogen-bond donors (Lipinski definition) is 1. The smallest absolute Gasteiger partial charge is 0.166 e. The van der Waals surface area contributed by atoms with Gasteiger partial charge in [-0.2, -0.15) is 0 Å². The van der Waals surface area contributed by atoms with Crippen LogP contribution in [-0.2, 0) is 0 Å². The first-order valence-electron chi connectivity index (χ1n) is 6.87. The fourth-order valence-corrected chi connectivity index (χ4v) is 3.67. The Balaban J connectivity index is 1.99. The van der Waals surface area contributed by atoms with E-state index in [9.17, 15) is 0 Å². The Morgan fingerprint density at radius 3 is 1.50 bits per heavy atom. The van der Waals surface area contributed by atoms with Crippen molar-refractivity contribution in [3.8, 4) is 0 Å². The predicted molar refractivity (Wildman–Crippen MR) is 72.4 cm³/mol. The molecule has 0 bridgehead atoms. The SMILES string of the molecule is NC(=S)N(C1CCCCC1)C1CCCCC1. The maximum absolute atomic E-state index is 5.96. The minimum absolute atomic E-state index is 0.648. The van der Waals surface area contributed by atoms with Crippen LogP contribution in [0.25, 0.3) is 0 Å². The van der Waals surface area contributed by atoms with Crippen LogP contribution >= 0.6 is 12.2 Å². The van der Waals surface area contributed by atoms with E-state index in [1.165, 1.54) is 64.2 Å². The fourth-order valence-electron chi connectivity index (χ4n) is 3.38. The molecule has 16 heavy (non-hydrogen) atoms. The Labute approximate surface area is 105 Å². The van der Waals surface area contributed by atoms with Crippen molar-refractivity contribution in [2.24, 2.45) is 5.73 Å². The molecule has 0 atom stereocenters. The van der Waals surface area contributed by atoms with Crippen molar-refractivity contribution in [2.75, 3.05) is 0 Å². The van der Waals surface area contributed by atoms with Crippen molar-refractivity contribution in [1.29, 1.82) is 0 Å². The van der Waals surface area contributed by atoms with E-state index in [-0.39, 0.29) is 0 Å². The van der Waals surface area contributed by atoms with Crippen molar-refractivity contribution >= 4 is 17.3 Å². The summed E-state index contributed by atoms with van der Waals surface area (Å²) >= 11 is 5.28. The summed E-state index contributed by atoms with van der Waals surface area (Å²) in [6, 6.07) is 1.30. The van der Waals surface area contributed by atoms with Gasteiger partial charge in [0.25, 0.3) is 0 Å². The Hall–Kier alpha value is -0.310. The summed E-state index contributed by atoms with van der Waals surface area (Å²) < 4.78 is 0. The van der Waals surface area contributed by atoms with Gasteiger partial charge in [-0.3, -0.25) is 0 Å². The van der Waals surface area contributed by atoms with Gasteiger partial charge in [-0.15, -0.1) is 0 Å². The maximum atomic E-state index is 5.96. The van der Waals surface area contributed by atoms with Gasteiger partial charge in [0, 0.05) is 12.1 Å². The third-order valence-corrected chi connectivity index (χ3v) is 4.40. The molecule has 0 saturated heterocycles. The lowest BCUT2D eigenvalue weighted by molar-refractivity contribution is 0.159. The van der Waals surface area contributed by atoms with E-state index < -0.39 is 0 Å². The summed E-state index contributed by atoms with van der Waals surface area (Å²) in [7, 11) is 0. The van der Waals surface area contributed by atoms with E-state index in [0.717, 1.165) is 0 Å². The monoisotopic (exact) mass is 240 g/mol. The van der Waals surface area contributed by atoms with E-state index in [4.69, 9.17) is 18.0 Å². The van der Waals surface area contributed by atoms with Gasteiger partial charge in [-0.05, 0) is 37.9 Å². The van der Waals surface area contributed by atoms with Gasteiger partial charge < -0.3 is 10.6 Å². The molecule has 0 unspecified atom stereocenters. The highest BCUT2D eigenvalue weighted by Crippen LogP contribution is 2.29. The average Bonchev–Trinajstić information content (AvgIpc) is 2.31. The highest BCUT2D eigenvalue weighted by atomic mass is 32.1. The van der Waals surface area contributed by atoms with E-state index >= 15 is 0 Å². The average molecular weight is 240 g/mol. The molecule has 0 radical (unpaired) electrons. The lowest BCUT2D eigenvalue weighted by atomic mass is 9.89. The first-order valence-corrected chi connectivity index (χ1v) is 7.27. The normalized spacial score (nSPS) is 24.2. The van der Waals surface area contributed by atoms with Crippen molar-refractivity contribution in [3.05, 3.63) is 0 Å². The molecule has 2 aliphatic carbocycles. The molecule has 92 valence electrons. The second kappa shape index (κ2) is 5.85. The van der Waals surface area contributed by atoms with E-state index in [0.29, 0.717) is 17.2 Å². The molecule has 0 amide bonds. The second-order valence-electron chi connectivity index (χ2n) is 5.33. The Bertz CT molecular complexity index is 212.